The molecule has 0 bridgehead atoms. The second-order valence-corrected chi connectivity index (χ2v) is 10.3. The first kappa shape index (κ1) is 25.6. The first-order valence-electron chi connectivity index (χ1n) is 10.8. The van der Waals surface area contributed by atoms with Crippen molar-refractivity contribution in [2.75, 3.05) is 0 Å². The van der Waals surface area contributed by atoms with Gasteiger partial charge in [0.15, 0.2) is 0 Å². The number of hydrogen-bond donors (Lipinski definition) is 2. The van der Waals surface area contributed by atoms with Gasteiger partial charge in [0, 0.05) is 32.2 Å². The van der Waals surface area contributed by atoms with Crippen molar-refractivity contribution in [3.8, 4) is 22.7 Å². The molecule has 0 fully saturated rings. The number of aromatic nitrogens is 4. The number of hydrogen-bond acceptors (Lipinski definition) is 5. The minimum Gasteiger partial charge on any atom is -0.505 e. The number of phenolic OH excluding ortho intramolecular Hbond substituents is 1. The smallest absolute Gasteiger partial charge is 0.354 e. The van der Waals surface area contributed by atoms with Crippen molar-refractivity contribution >= 4 is 17.0 Å². The van der Waals surface area contributed by atoms with Crippen LogP contribution in [0, 0.1) is 0 Å². The molecule has 0 saturated heterocycles. The van der Waals surface area contributed by atoms with Crippen LogP contribution in [0.4, 0.5) is 0 Å². The number of rotatable bonds is 3. The molecule has 34 heavy (non-hydrogen) atoms. The van der Waals surface area contributed by atoms with Gasteiger partial charge in [-0.3, -0.25) is 0 Å². The standard InChI is InChI=1S/C26H28N4O3.Pt/c1-25(2,3)15-13-17(26(4,5)6)23(31)21(14-15)30-28-19-11-7-9-16(22(19)29-30)18-10-8-12-20(27-18)24(32)33;/h7-14,31H,1-6H3,(H,32,33);. The first-order valence-corrected chi connectivity index (χ1v) is 10.8. The first-order chi connectivity index (χ1) is 15.4. The molecule has 0 spiro atoms. The number of pyridine rings is 1. The molecular formula is C26H28N4O3Pt. The number of aromatic hydroxyl groups is 1. The molecule has 7 nitrogen and oxygen atoms in total. The van der Waals surface area contributed by atoms with Gasteiger partial charge in [-0.15, -0.1) is 15.0 Å². The Bertz CT molecular complexity index is 1380. The molecule has 2 N–H and O–H groups in total. The van der Waals surface area contributed by atoms with Crippen LogP contribution in [0.2, 0.25) is 0 Å². The third-order valence-corrected chi connectivity index (χ3v) is 5.64. The van der Waals surface area contributed by atoms with Crippen LogP contribution in [0.15, 0.2) is 48.5 Å². The Hall–Kier alpha value is -3.05. The third-order valence-electron chi connectivity index (χ3n) is 5.64. The third kappa shape index (κ3) is 4.76. The Kier molecular flexibility index (Phi) is 6.73. The van der Waals surface area contributed by atoms with Crippen molar-refractivity contribution < 1.29 is 36.1 Å². The van der Waals surface area contributed by atoms with E-state index in [9.17, 15) is 15.0 Å². The van der Waals surface area contributed by atoms with E-state index >= 15 is 0 Å². The predicted octanol–water partition coefficient (Wildman–Crippen LogP) is 5.48. The average molecular weight is 640 g/mol. The van der Waals surface area contributed by atoms with Gasteiger partial charge in [-0.2, -0.15) is 0 Å². The van der Waals surface area contributed by atoms with Crippen LogP contribution in [-0.4, -0.2) is 36.2 Å². The molecule has 2 aromatic carbocycles. The van der Waals surface area contributed by atoms with Crippen molar-refractivity contribution in [3.63, 3.8) is 0 Å². The normalized spacial score (nSPS) is 11.9. The van der Waals surface area contributed by atoms with E-state index in [1.165, 1.54) is 10.9 Å². The molecule has 8 heteroatoms. The molecule has 2 heterocycles. The second-order valence-electron chi connectivity index (χ2n) is 10.3. The van der Waals surface area contributed by atoms with Gasteiger partial charge in [0.1, 0.15) is 28.2 Å². The molecule has 4 rings (SSSR count). The maximum atomic E-state index is 11.4. The molecule has 0 unspecified atom stereocenters. The molecule has 0 aliphatic heterocycles. The molecule has 2 aromatic heterocycles. The zero-order chi connectivity index (χ0) is 24.1. The number of aromatic carboxylic acids is 1. The summed E-state index contributed by atoms with van der Waals surface area (Å²) in [6.45, 7) is 12.6. The summed E-state index contributed by atoms with van der Waals surface area (Å²) in [5.41, 5.74) is 4.29. The van der Waals surface area contributed by atoms with E-state index in [0.717, 1.165) is 11.1 Å². The fraction of sp³-hybridized carbons (Fsp3) is 0.308. The van der Waals surface area contributed by atoms with E-state index in [1.54, 1.807) is 12.1 Å². The topological polar surface area (TPSA) is 101 Å². The van der Waals surface area contributed by atoms with E-state index in [2.05, 4.69) is 57.7 Å². The number of carboxylic acids is 1. The molecule has 180 valence electrons. The van der Waals surface area contributed by atoms with Gasteiger partial charge in [0.25, 0.3) is 0 Å². The largest absolute Gasteiger partial charge is 0.505 e. The Morgan fingerprint density at radius 3 is 2.21 bits per heavy atom. The Balaban J connectivity index is 0.00000324. The van der Waals surface area contributed by atoms with Crippen molar-refractivity contribution in [2.45, 2.75) is 52.4 Å². The predicted molar refractivity (Wildman–Crippen MR) is 128 cm³/mol. The molecule has 0 radical (unpaired) electrons. The molecule has 0 saturated carbocycles. The summed E-state index contributed by atoms with van der Waals surface area (Å²) in [5.74, 6) is -0.949. The monoisotopic (exact) mass is 639 g/mol. The van der Waals surface area contributed by atoms with Gasteiger partial charge in [0.05, 0.1) is 5.69 Å². The fourth-order valence-electron chi connectivity index (χ4n) is 3.73. The molecule has 0 atom stereocenters. The number of benzene rings is 2. The maximum absolute atomic E-state index is 11.4. The molecule has 0 amide bonds. The van der Waals surface area contributed by atoms with Crippen LogP contribution in [0.25, 0.3) is 28.0 Å². The molecule has 4 aromatic rings. The minimum absolute atomic E-state index is 0. The van der Waals surface area contributed by atoms with Gasteiger partial charge in [-0.05, 0) is 40.7 Å². The van der Waals surface area contributed by atoms with Crippen LogP contribution < -0.4 is 0 Å². The number of carbonyl (C=O) groups is 1. The molecular weight excluding hydrogens is 611 g/mol. The number of phenols is 1. The van der Waals surface area contributed by atoms with Crippen molar-refractivity contribution in [1.29, 1.82) is 0 Å². The Morgan fingerprint density at radius 2 is 1.59 bits per heavy atom. The van der Waals surface area contributed by atoms with Gasteiger partial charge in [-0.1, -0.05) is 65.8 Å². The zero-order valence-electron chi connectivity index (χ0n) is 20.0. The molecule has 0 aliphatic carbocycles. The van der Waals surface area contributed by atoms with Crippen molar-refractivity contribution in [2.24, 2.45) is 0 Å². The Labute approximate surface area is 213 Å². The van der Waals surface area contributed by atoms with Crippen LogP contribution in [-0.2, 0) is 31.9 Å². The van der Waals surface area contributed by atoms with Crippen molar-refractivity contribution in [1.82, 2.24) is 20.0 Å². The van der Waals surface area contributed by atoms with Gasteiger partial charge in [-0.25, -0.2) is 9.78 Å². The summed E-state index contributed by atoms with van der Waals surface area (Å²) in [5, 5.41) is 29.8. The van der Waals surface area contributed by atoms with Crippen LogP contribution in [0.1, 0.15) is 63.2 Å². The fourth-order valence-corrected chi connectivity index (χ4v) is 3.73. The maximum Gasteiger partial charge on any atom is 0.354 e. The zero-order valence-corrected chi connectivity index (χ0v) is 22.3. The minimum atomic E-state index is -1.09. The Morgan fingerprint density at radius 1 is 0.912 bits per heavy atom. The average Bonchev–Trinajstić information content (AvgIpc) is 3.16. The second kappa shape index (κ2) is 8.95. The number of carboxylic acid groups (broad SMARTS) is 1. The quantitative estimate of drug-likeness (QED) is 0.308. The van der Waals surface area contributed by atoms with E-state index in [-0.39, 0.29) is 43.3 Å². The van der Waals surface area contributed by atoms with E-state index in [1.807, 2.05) is 24.3 Å². The van der Waals surface area contributed by atoms with Crippen LogP contribution >= 0.6 is 0 Å². The van der Waals surface area contributed by atoms with Gasteiger partial charge in [0.2, 0.25) is 0 Å². The van der Waals surface area contributed by atoms with E-state index in [0.29, 0.717) is 28.0 Å². The summed E-state index contributed by atoms with van der Waals surface area (Å²) >= 11 is 0. The van der Waals surface area contributed by atoms with Gasteiger partial charge < -0.3 is 10.2 Å². The molecule has 0 aliphatic rings. The van der Waals surface area contributed by atoms with E-state index < -0.39 is 5.97 Å². The summed E-state index contributed by atoms with van der Waals surface area (Å²) in [4.78, 5) is 17.1. The SMILES string of the molecule is CC(C)(C)c1cc(-n2nc3cccc(-c4cccc(C(=O)O)n4)c3n2)c(O)c(C(C)(C)C)c1.[Pt]. The van der Waals surface area contributed by atoms with Crippen molar-refractivity contribution in [3.05, 3.63) is 65.4 Å². The summed E-state index contributed by atoms with van der Waals surface area (Å²) in [6, 6.07) is 14.3. The summed E-state index contributed by atoms with van der Waals surface area (Å²) in [6.07, 6.45) is 0. The van der Waals surface area contributed by atoms with Gasteiger partial charge >= 0.3 is 5.97 Å². The van der Waals surface area contributed by atoms with Crippen LogP contribution in [0.5, 0.6) is 5.75 Å². The summed E-state index contributed by atoms with van der Waals surface area (Å²) in [7, 11) is 0. The number of fused-ring (bicyclic) bond motifs is 1. The summed E-state index contributed by atoms with van der Waals surface area (Å²) < 4.78 is 0. The van der Waals surface area contributed by atoms with Crippen LogP contribution in [0.3, 0.4) is 0 Å². The van der Waals surface area contributed by atoms with E-state index in [4.69, 9.17) is 5.10 Å². The number of nitrogens with zero attached hydrogens (tertiary/aromatic N) is 4.